The molecule has 0 aliphatic heterocycles. The second-order valence-electron chi connectivity index (χ2n) is 5.92. The quantitative estimate of drug-likeness (QED) is 0.479. The van der Waals surface area contributed by atoms with Gasteiger partial charge in [0.15, 0.2) is 5.78 Å². The summed E-state index contributed by atoms with van der Waals surface area (Å²) in [5.74, 6) is 0.0365. The van der Waals surface area contributed by atoms with Crippen LogP contribution in [0, 0.1) is 10.8 Å². The molecule has 1 aromatic rings. The van der Waals surface area contributed by atoms with Crippen LogP contribution >= 0.6 is 0 Å². The zero-order chi connectivity index (χ0) is 17.2. The normalized spacial score (nSPS) is 13.8. The Morgan fingerprint density at radius 1 is 1.30 bits per heavy atom. The first kappa shape index (κ1) is 19.4. The molecule has 6 nitrogen and oxygen atoms in total. The maximum Gasteiger partial charge on any atom is 0.159 e. The van der Waals surface area contributed by atoms with Gasteiger partial charge in [-0.25, -0.2) is 0 Å². The molecule has 0 aliphatic carbocycles. The molecule has 0 saturated heterocycles. The van der Waals surface area contributed by atoms with Crippen LogP contribution in [0.3, 0.4) is 0 Å². The van der Waals surface area contributed by atoms with Gasteiger partial charge in [-0.15, -0.1) is 0 Å². The van der Waals surface area contributed by atoms with E-state index in [1.165, 1.54) is 6.92 Å². The van der Waals surface area contributed by atoms with Gasteiger partial charge >= 0.3 is 0 Å². The van der Waals surface area contributed by atoms with Crippen LogP contribution in [0.2, 0.25) is 0 Å². The molecule has 2 unspecified atom stereocenters. The molecule has 0 fully saturated rings. The second-order valence-corrected chi connectivity index (χ2v) is 5.92. The molecule has 2 atom stereocenters. The van der Waals surface area contributed by atoms with Crippen molar-refractivity contribution in [3.05, 3.63) is 40.3 Å². The van der Waals surface area contributed by atoms with Crippen LogP contribution in [0.4, 0.5) is 0 Å². The molecule has 0 saturated carbocycles. The van der Waals surface area contributed by atoms with Crippen molar-refractivity contribution in [3.8, 4) is 0 Å². The van der Waals surface area contributed by atoms with Gasteiger partial charge in [-0.3, -0.25) is 4.79 Å². The van der Waals surface area contributed by atoms with Crippen molar-refractivity contribution in [1.29, 1.82) is 0 Å². The molecule has 0 spiro atoms. The molecule has 2 N–H and O–H groups in total. The van der Waals surface area contributed by atoms with E-state index in [-0.39, 0.29) is 11.7 Å². The van der Waals surface area contributed by atoms with E-state index in [0.717, 1.165) is 25.2 Å². The van der Waals surface area contributed by atoms with Gasteiger partial charge in [0.2, 0.25) is 0 Å². The summed E-state index contributed by atoms with van der Waals surface area (Å²) >= 11 is 0. The van der Waals surface area contributed by atoms with E-state index in [1.54, 1.807) is 12.1 Å². The number of carbonyl (C=O) groups excluding carboxylic acids is 1. The molecule has 0 heterocycles. The fourth-order valence-electron chi connectivity index (χ4n) is 2.69. The molecule has 1 aromatic carbocycles. The Morgan fingerprint density at radius 3 is 2.61 bits per heavy atom. The van der Waals surface area contributed by atoms with Gasteiger partial charge in [-0.05, 0) is 39.7 Å². The average molecular weight is 320 g/mol. The second kappa shape index (κ2) is 10.2. The van der Waals surface area contributed by atoms with Gasteiger partial charge < -0.3 is 15.5 Å². The first-order chi connectivity index (χ1) is 11.0. The smallest absolute Gasteiger partial charge is 0.159 e. The zero-order valence-corrected chi connectivity index (χ0v) is 14.5. The number of Topliss-reactive ketones (excluding diaryl/α,β-unsaturated/α-hetero) is 1. The number of nitroso groups, excluding NO2 is 1. The highest BCUT2D eigenvalue weighted by molar-refractivity contribution is 5.94. The summed E-state index contributed by atoms with van der Waals surface area (Å²) in [6, 6.07) is 6.75. The van der Waals surface area contributed by atoms with Crippen molar-refractivity contribution in [3.63, 3.8) is 0 Å². The predicted octanol–water partition coefficient (Wildman–Crippen LogP) is 1.68. The van der Waals surface area contributed by atoms with Crippen LogP contribution in [0.5, 0.6) is 0 Å². The third-order valence-electron chi connectivity index (χ3n) is 3.95. The van der Waals surface area contributed by atoms with E-state index in [9.17, 15) is 9.70 Å². The van der Waals surface area contributed by atoms with Gasteiger partial charge in [-0.2, -0.15) is 4.91 Å². The Labute approximate surface area is 138 Å². The maximum atomic E-state index is 11.6. The number of rotatable bonds is 11. The number of ketones is 1. The summed E-state index contributed by atoms with van der Waals surface area (Å²) in [6.45, 7) is 4.75. The van der Waals surface area contributed by atoms with E-state index < -0.39 is 6.04 Å². The predicted molar refractivity (Wildman–Crippen MR) is 93.8 cm³/mol. The van der Waals surface area contributed by atoms with Gasteiger partial charge in [0.1, 0.15) is 6.04 Å². The average Bonchev–Trinajstić information content (AvgIpc) is 2.54. The number of hydrogen-bond donors (Lipinski definition) is 2. The minimum absolute atomic E-state index is 0.00666. The van der Waals surface area contributed by atoms with Crippen molar-refractivity contribution < 1.29 is 4.79 Å². The fourth-order valence-corrected chi connectivity index (χ4v) is 2.69. The third kappa shape index (κ3) is 6.17. The van der Waals surface area contributed by atoms with Crippen molar-refractivity contribution in [2.45, 2.75) is 13.0 Å². The van der Waals surface area contributed by atoms with Crippen LogP contribution < -0.4 is 10.6 Å². The van der Waals surface area contributed by atoms with E-state index in [4.69, 9.17) is 0 Å². The van der Waals surface area contributed by atoms with Crippen molar-refractivity contribution in [2.75, 3.05) is 47.3 Å². The van der Waals surface area contributed by atoms with Crippen LogP contribution in [0.15, 0.2) is 29.4 Å². The van der Waals surface area contributed by atoms with Crippen molar-refractivity contribution >= 4 is 5.78 Å². The number of likely N-dealkylation sites (N-methyl/N-ethyl adjacent to an activating group) is 2. The lowest BCUT2D eigenvalue weighted by molar-refractivity contribution is 0.101. The van der Waals surface area contributed by atoms with Gasteiger partial charge in [0.05, 0.1) is 0 Å². The molecule has 0 bridgehead atoms. The van der Waals surface area contributed by atoms with E-state index >= 15 is 0 Å². The number of nitrogens with one attached hydrogen (secondary N) is 2. The first-order valence-electron chi connectivity index (χ1n) is 7.94. The summed E-state index contributed by atoms with van der Waals surface area (Å²) in [5.41, 5.74) is 1.41. The van der Waals surface area contributed by atoms with Crippen LogP contribution in [0.1, 0.15) is 28.9 Å². The SMILES string of the molecule is CNCCN(C)CC(CNC)C(N=O)c1cccc(C(C)=O)c1. The van der Waals surface area contributed by atoms with Crippen LogP contribution in [-0.4, -0.2) is 58.0 Å². The monoisotopic (exact) mass is 320 g/mol. The standard InChI is InChI=1S/C17H28N4O2/c1-13(22)14-6-5-7-15(10-14)17(20-23)16(11-19-3)12-21(4)9-8-18-2/h5-7,10,16-19H,8-9,11-12H2,1-4H3. The zero-order valence-electron chi connectivity index (χ0n) is 14.5. The number of benzene rings is 1. The van der Waals surface area contributed by atoms with E-state index in [0.29, 0.717) is 12.1 Å². The molecular weight excluding hydrogens is 292 g/mol. The number of hydrogen-bond acceptors (Lipinski definition) is 6. The maximum absolute atomic E-state index is 11.6. The molecular formula is C17H28N4O2. The molecule has 0 amide bonds. The lowest BCUT2D eigenvalue weighted by Crippen LogP contribution is -2.37. The molecule has 0 radical (unpaired) electrons. The van der Waals surface area contributed by atoms with Crippen molar-refractivity contribution in [2.24, 2.45) is 11.1 Å². The summed E-state index contributed by atoms with van der Waals surface area (Å²) in [4.78, 5) is 25.3. The largest absolute Gasteiger partial charge is 0.319 e. The van der Waals surface area contributed by atoms with Gasteiger partial charge in [0, 0.05) is 37.7 Å². The van der Waals surface area contributed by atoms with E-state index in [2.05, 4.69) is 20.7 Å². The highest BCUT2D eigenvalue weighted by atomic mass is 16.3. The Kier molecular flexibility index (Phi) is 8.61. The molecule has 6 heteroatoms. The van der Waals surface area contributed by atoms with Gasteiger partial charge in [0.25, 0.3) is 0 Å². The lowest BCUT2D eigenvalue weighted by Gasteiger charge is -2.27. The van der Waals surface area contributed by atoms with Gasteiger partial charge in [-0.1, -0.05) is 23.4 Å². The summed E-state index contributed by atoms with van der Waals surface area (Å²) in [7, 11) is 5.82. The Morgan fingerprint density at radius 2 is 2.04 bits per heavy atom. The minimum Gasteiger partial charge on any atom is -0.319 e. The van der Waals surface area contributed by atoms with Crippen LogP contribution in [-0.2, 0) is 0 Å². The number of nitrogens with zero attached hydrogens (tertiary/aromatic N) is 2. The third-order valence-corrected chi connectivity index (χ3v) is 3.95. The summed E-state index contributed by atoms with van der Waals surface area (Å²) in [6.07, 6.45) is 0. The summed E-state index contributed by atoms with van der Waals surface area (Å²) in [5, 5.41) is 9.63. The highest BCUT2D eigenvalue weighted by Crippen LogP contribution is 2.27. The molecule has 23 heavy (non-hydrogen) atoms. The molecule has 128 valence electrons. The van der Waals surface area contributed by atoms with Crippen molar-refractivity contribution in [1.82, 2.24) is 15.5 Å². The number of carbonyl (C=O) groups is 1. The minimum atomic E-state index is -0.473. The lowest BCUT2D eigenvalue weighted by atomic mass is 9.91. The Bertz CT molecular complexity index is 507. The summed E-state index contributed by atoms with van der Waals surface area (Å²) < 4.78 is 0. The van der Waals surface area contributed by atoms with E-state index in [1.807, 2.05) is 33.3 Å². The molecule has 0 aromatic heterocycles. The Balaban J connectivity index is 2.94. The van der Waals surface area contributed by atoms with Crippen LogP contribution in [0.25, 0.3) is 0 Å². The molecule has 1 rings (SSSR count). The topological polar surface area (TPSA) is 73.8 Å². The first-order valence-corrected chi connectivity index (χ1v) is 7.94. The fraction of sp³-hybridized carbons (Fsp3) is 0.588. The highest BCUT2D eigenvalue weighted by Gasteiger charge is 2.25. The molecule has 0 aliphatic rings. The Hall–Kier alpha value is -1.63.